The van der Waals surface area contributed by atoms with Gasteiger partial charge in [0, 0.05) is 15.5 Å². The average Bonchev–Trinajstić information content (AvgIpc) is 2.47. The number of nitrogens with one attached hydrogen (secondary N) is 1. The molecule has 6 heteroatoms. The van der Waals surface area contributed by atoms with E-state index in [1.165, 1.54) is 12.4 Å². The number of carboxylic acid groups (broad SMARTS) is 1. The molecule has 0 spiro atoms. The normalized spacial score (nSPS) is 10.5. The van der Waals surface area contributed by atoms with Crippen LogP contribution in [-0.4, -0.2) is 21.0 Å². The third-order valence-corrected chi connectivity index (χ3v) is 3.46. The van der Waals surface area contributed by atoms with Crippen LogP contribution in [0.3, 0.4) is 0 Å². The fourth-order valence-electron chi connectivity index (χ4n) is 1.99. The molecule has 5 nitrogen and oxygen atoms in total. The van der Waals surface area contributed by atoms with Gasteiger partial charge in [0.2, 0.25) is 0 Å². The van der Waals surface area contributed by atoms with E-state index in [1.54, 1.807) is 12.1 Å². The maximum Gasteiger partial charge on any atom is 0.335 e. The van der Waals surface area contributed by atoms with E-state index >= 15 is 0 Å². The molecule has 0 aliphatic carbocycles. The van der Waals surface area contributed by atoms with Crippen molar-refractivity contribution in [3.8, 4) is 0 Å². The second-order valence-electron chi connectivity index (χ2n) is 4.39. The first-order valence-electron chi connectivity index (χ1n) is 6.14. The van der Waals surface area contributed by atoms with Crippen LogP contribution in [0, 0.1) is 0 Å². The van der Waals surface area contributed by atoms with E-state index in [1.807, 2.05) is 24.3 Å². The van der Waals surface area contributed by atoms with Gasteiger partial charge in [-0.15, -0.1) is 0 Å². The van der Waals surface area contributed by atoms with E-state index in [0.717, 1.165) is 15.5 Å². The zero-order valence-electron chi connectivity index (χ0n) is 10.7. The van der Waals surface area contributed by atoms with Crippen LogP contribution in [0.25, 0.3) is 10.9 Å². The topological polar surface area (TPSA) is 75.1 Å². The predicted octanol–water partition coefficient (Wildman–Crippen LogP) is 3.83. The molecule has 2 aromatic carbocycles. The van der Waals surface area contributed by atoms with Crippen molar-refractivity contribution in [2.24, 2.45) is 0 Å². The lowest BCUT2D eigenvalue weighted by molar-refractivity contribution is 0.0697. The van der Waals surface area contributed by atoms with E-state index in [2.05, 4.69) is 31.2 Å². The second-order valence-corrected chi connectivity index (χ2v) is 5.31. The minimum Gasteiger partial charge on any atom is -0.478 e. The maximum absolute atomic E-state index is 11.0. The highest BCUT2D eigenvalue weighted by atomic mass is 79.9. The van der Waals surface area contributed by atoms with Gasteiger partial charge in [-0.25, -0.2) is 14.8 Å². The molecule has 0 fully saturated rings. The lowest BCUT2D eigenvalue weighted by atomic mass is 10.1. The molecule has 0 aliphatic heterocycles. The number of carbonyl (C=O) groups is 1. The third-order valence-electron chi connectivity index (χ3n) is 2.97. The standard InChI is InChI=1S/C15H10BrN3O2/c16-10-2-1-3-11(7-10)19-14-12-5-4-9(15(20)21)6-13(12)17-8-18-14/h1-8H,(H,20,21)(H,17,18,19). The monoisotopic (exact) mass is 343 g/mol. The Balaban J connectivity index is 2.05. The van der Waals surface area contributed by atoms with Gasteiger partial charge in [0.05, 0.1) is 11.1 Å². The Morgan fingerprint density at radius 3 is 2.76 bits per heavy atom. The van der Waals surface area contributed by atoms with Crippen molar-refractivity contribution >= 4 is 44.3 Å². The van der Waals surface area contributed by atoms with Crippen molar-refractivity contribution < 1.29 is 9.90 Å². The first-order chi connectivity index (χ1) is 10.1. The Labute approximate surface area is 128 Å². The Kier molecular flexibility index (Phi) is 3.53. The number of nitrogens with zero attached hydrogens (tertiary/aromatic N) is 2. The second kappa shape index (κ2) is 5.49. The van der Waals surface area contributed by atoms with Gasteiger partial charge >= 0.3 is 5.97 Å². The van der Waals surface area contributed by atoms with Crippen molar-refractivity contribution in [3.05, 3.63) is 58.8 Å². The van der Waals surface area contributed by atoms with Gasteiger partial charge in [-0.3, -0.25) is 0 Å². The molecule has 3 aromatic rings. The van der Waals surface area contributed by atoms with Crippen molar-refractivity contribution in [3.63, 3.8) is 0 Å². The quantitative estimate of drug-likeness (QED) is 0.755. The molecule has 0 radical (unpaired) electrons. The van der Waals surface area contributed by atoms with Gasteiger partial charge in [0.1, 0.15) is 12.1 Å². The molecular formula is C15H10BrN3O2. The number of hydrogen-bond donors (Lipinski definition) is 2. The lowest BCUT2D eigenvalue weighted by Gasteiger charge is -2.09. The first-order valence-corrected chi connectivity index (χ1v) is 6.93. The highest BCUT2D eigenvalue weighted by Crippen LogP contribution is 2.25. The number of aromatic carboxylic acids is 1. The summed E-state index contributed by atoms with van der Waals surface area (Å²) in [7, 11) is 0. The highest BCUT2D eigenvalue weighted by Gasteiger charge is 2.08. The van der Waals surface area contributed by atoms with E-state index in [9.17, 15) is 4.79 Å². The third kappa shape index (κ3) is 2.85. The van der Waals surface area contributed by atoms with Crippen LogP contribution in [-0.2, 0) is 0 Å². The van der Waals surface area contributed by atoms with E-state index in [4.69, 9.17) is 5.11 Å². The number of anilines is 2. The van der Waals surface area contributed by atoms with E-state index in [-0.39, 0.29) is 5.56 Å². The lowest BCUT2D eigenvalue weighted by Crippen LogP contribution is -1.99. The van der Waals surface area contributed by atoms with Crippen LogP contribution >= 0.6 is 15.9 Å². The Hall–Kier alpha value is -2.47. The number of aromatic nitrogens is 2. The number of carboxylic acids is 1. The molecule has 0 bridgehead atoms. The fraction of sp³-hybridized carbons (Fsp3) is 0. The molecule has 0 aliphatic rings. The highest BCUT2D eigenvalue weighted by molar-refractivity contribution is 9.10. The molecule has 0 saturated heterocycles. The molecule has 3 rings (SSSR count). The average molecular weight is 344 g/mol. The molecule has 2 N–H and O–H groups in total. The van der Waals surface area contributed by atoms with Crippen LogP contribution in [0.4, 0.5) is 11.5 Å². The van der Waals surface area contributed by atoms with Gasteiger partial charge in [0.15, 0.2) is 0 Å². The Morgan fingerprint density at radius 1 is 1.14 bits per heavy atom. The Bertz CT molecular complexity index is 836. The molecule has 1 aromatic heterocycles. The van der Waals surface area contributed by atoms with Crippen molar-refractivity contribution in [2.75, 3.05) is 5.32 Å². The number of hydrogen-bond acceptors (Lipinski definition) is 4. The molecule has 104 valence electrons. The van der Waals surface area contributed by atoms with Crippen LogP contribution in [0.15, 0.2) is 53.3 Å². The van der Waals surface area contributed by atoms with Crippen LogP contribution in [0.2, 0.25) is 0 Å². The molecule has 1 heterocycles. The summed E-state index contributed by atoms with van der Waals surface area (Å²) in [6.07, 6.45) is 1.41. The predicted molar refractivity (Wildman–Crippen MR) is 83.9 cm³/mol. The van der Waals surface area contributed by atoms with E-state index < -0.39 is 5.97 Å². The summed E-state index contributed by atoms with van der Waals surface area (Å²) in [6.45, 7) is 0. The van der Waals surface area contributed by atoms with Gasteiger partial charge in [-0.05, 0) is 36.4 Å². The summed E-state index contributed by atoms with van der Waals surface area (Å²) < 4.78 is 0.957. The molecule has 0 unspecified atom stereocenters. The van der Waals surface area contributed by atoms with E-state index in [0.29, 0.717) is 11.3 Å². The minimum absolute atomic E-state index is 0.203. The molecule has 0 amide bonds. The van der Waals surface area contributed by atoms with Crippen LogP contribution in [0.1, 0.15) is 10.4 Å². The summed E-state index contributed by atoms with van der Waals surface area (Å²) in [5.74, 6) is -0.341. The minimum atomic E-state index is -0.975. The van der Waals surface area contributed by atoms with Crippen LogP contribution < -0.4 is 5.32 Å². The number of halogens is 1. The van der Waals surface area contributed by atoms with Gasteiger partial charge in [0.25, 0.3) is 0 Å². The Morgan fingerprint density at radius 2 is 2.00 bits per heavy atom. The summed E-state index contributed by atoms with van der Waals surface area (Å²) in [4.78, 5) is 19.3. The van der Waals surface area contributed by atoms with Crippen LogP contribution in [0.5, 0.6) is 0 Å². The summed E-state index contributed by atoms with van der Waals surface area (Å²) in [5, 5.41) is 13.0. The number of benzene rings is 2. The SMILES string of the molecule is O=C(O)c1ccc2c(Nc3cccc(Br)c3)ncnc2c1. The largest absolute Gasteiger partial charge is 0.478 e. The van der Waals surface area contributed by atoms with Crippen molar-refractivity contribution in [1.82, 2.24) is 9.97 Å². The number of fused-ring (bicyclic) bond motifs is 1. The molecule has 0 saturated carbocycles. The number of rotatable bonds is 3. The van der Waals surface area contributed by atoms with Gasteiger partial charge in [-0.2, -0.15) is 0 Å². The summed E-state index contributed by atoms with van der Waals surface area (Å²) in [6, 6.07) is 12.5. The molecule has 0 atom stereocenters. The summed E-state index contributed by atoms with van der Waals surface area (Å²) in [5.41, 5.74) is 1.67. The molecular weight excluding hydrogens is 334 g/mol. The molecule has 21 heavy (non-hydrogen) atoms. The zero-order chi connectivity index (χ0) is 14.8. The van der Waals surface area contributed by atoms with Gasteiger partial charge in [-0.1, -0.05) is 22.0 Å². The smallest absolute Gasteiger partial charge is 0.335 e. The fourth-order valence-corrected chi connectivity index (χ4v) is 2.39. The van der Waals surface area contributed by atoms with Gasteiger partial charge < -0.3 is 10.4 Å². The van der Waals surface area contributed by atoms with Crippen molar-refractivity contribution in [2.45, 2.75) is 0 Å². The zero-order valence-corrected chi connectivity index (χ0v) is 12.3. The summed E-state index contributed by atoms with van der Waals surface area (Å²) >= 11 is 3.41. The first kappa shape index (κ1) is 13.5. The maximum atomic E-state index is 11.0. The van der Waals surface area contributed by atoms with Crippen molar-refractivity contribution in [1.29, 1.82) is 0 Å².